The number of para-hydroxylation sites is 1. The van der Waals surface area contributed by atoms with E-state index in [1.807, 2.05) is 54.3 Å². The molecule has 1 aromatic carbocycles. The van der Waals surface area contributed by atoms with Gasteiger partial charge in [-0.15, -0.1) is 5.10 Å². The van der Waals surface area contributed by atoms with Gasteiger partial charge in [-0.1, -0.05) is 18.2 Å². The maximum atomic E-state index is 4.29. The Kier molecular flexibility index (Phi) is 4.02. The maximum Gasteiger partial charge on any atom is 0.170 e. The first kappa shape index (κ1) is 13.4. The molecule has 0 fully saturated rings. The SMILES string of the molecule is Cn1ccnc1CCNCc1nnnn1-c1ccccc1. The van der Waals surface area contributed by atoms with Crippen LogP contribution in [-0.4, -0.2) is 36.3 Å². The lowest BCUT2D eigenvalue weighted by Crippen LogP contribution is -2.20. The van der Waals surface area contributed by atoms with Gasteiger partial charge in [0.1, 0.15) is 5.82 Å². The van der Waals surface area contributed by atoms with E-state index in [4.69, 9.17) is 0 Å². The minimum atomic E-state index is 0.617. The zero-order chi connectivity index (χ0) is 14.5. The van der Waals surface area contributed by atoms with Crippen molar-refractivity contribution in [3.8, 4) is 5.69 Å². The number of aryl methyl sites for hydroxylation is 1. The number of nitrogens with zero attached hydrogens (tertiary/aromatic N) is 6. The van der Waals surface area contributed by atoms with E-state index >= 15 is 0 Å². The fourth-order valence-corrected chi connectivity index (χ4v) is 2.12. The number of imidazole rings is 1. The molecule has 0 saturated heterocycles. The molecule has 108 valence electrons. The predicted octanol–water partition coefficient (Wildman–Crippen LogP) is 0.728. The Balaban J connectivity index is 1.57. The summed E-state index contributed by atoms with van der Waals surface area (Å²) in [6, 6.07) is 9.87. The highest BCUT2D eigenvalue weighted by Crippen LogP contribution is 2.06. The lowest BCUT2D eigenvalue weighted by Gasteiger charge is -2.06. The van der Waals surface area contributed by atoms with Crippen molar-refractivity contribution in [2.24, 2.45) is 7.05 Å². The fourth-order valence-electron chi connectivity index (χ4n) is 2.12. The molecule has 3 aromatic rings. The quantitative estimate of drug-likeness (QED) is 0.675. The first-order valence-corrected chi connectivity index (χ1v) is 6.84. The Morgan fingerprint density at radius 2 is 2.00 bits per heavy atom. The molecule has 0 radical (unpaired) electrons. The van der Waals surface area contributed by atoms with Crippen LogP contribution >= 0.6 is 0 Å². The number of hydrogen-bond acceptors (Lipinski definition) is 5. The number of hydrogen-bond donors (Lipinski definition) is 1. The van der Waals surface area contributed by atoms with Gasteiger partial charge in [-0.05, 0) is 22.6 Å². The van der Waals surface area contributed by atoms with Crippen molar-refractivity contribution < 1.29 is 0 Å². The van der Waals surface area contributed by atoms with Gasteiger partial charge in [0.25, 0.3) is 0 Å². The van der Waals surface area contributed by atoms with E-state index in [-0.39, 0.29) is 0 Å². The summed E-state index contributed by atoms with van der Waals surface area (Å²) in [5, 5.41) is 15.2. The molecule has 3 rings (SSSR count). The summed E-state index contributed by atoms with van der Waals surface area (Å²) in [7, 11) is 2.00. The largest absolute Gasteiger partial charge is 0.338 e. The van der Waals surface area contributed by atoms with Crippen molar-refractivity contribution in [2.45, 2.75) is 13.0 Å². The predicted molar refractivity (Wildman–Crippen MR) is 77.8 cm³/mol. The summed E-state index contributed by atoms with van der Waals surface area (Å²) in [4.78, 5) is 4.29. The van der Waals surface area contributed by atoms with Gasteiger partial charge in [0, 0.05) is 32.4 Å². The molecule has 0 saturated carbocycles. The first-order chi connectivity index (χ1) is 10.3. The van der Waals surface area contributed by atoms with Gasteiger partial charge in [0.2, 0.25) is 0 Å². The van der Waals surface area contributed by atoms with Crippen molar-refractivity contribution in [2.75, 3.05) is 6.54 Å². The fraction of sp³-hybridized carbons (Fsp3) is 0.286. The van der Waals surface area contributed by atoms with E-state index in [1.165, 1.54) is 0 Å². The summed E-state index contributed by atoms with van der Waals surface area (Å²) < 4.78 is 3.77. The zero-order valence-corrected chi connectivity index (χ0v) is 11.8. The molecule has 0 bridgehead atoms. The smallest absolute Gasteiger partial charge is 0.170 e. The highest BCUT2D eigenvalue weighted by atomic mass is 15.5. The molecular formula is C14H17N7. The molecule has 0 aliphatic rings. The molecule has 0 aliphatic heterocycles. The Morgan fingerprint density at radius 1 is 1.14 bits per heavy atom. The molecule has 21 heavy (non-hydrogen) atoms. The van der Waals surface area contributed by atoms with E-state index < -0.39 is 0 Å². The second kappa shape index (κ2) is 6.27. The molecule has 7 heteroatoms. The van der Waals surface area contributed by atoms with Crippen molar-refractivity contribution in [1.82, 2.24) is 35.1 Å². The molecule has 0 amide bonds. The average Bonchev–Trinajstić information content (AvgIpc) is 3.14. The molecule has 1 N–H and O–H groups in total. The van der Waals surface area contributed by atoms with Crippen molar-refractivity contribution in [3.05, 3.63) is 54.4 Å². The van der Waals surface area contributed by atoms with Crippen LogP contribution in [-0.2, 0) is 20.0 Å². The van der Waals surface area contributed by atoms with Gasteiger partial charge in [-0.3, -0.25) is 0 Å². The van der Waals surface area contributed by atoms with Crippen molar-refractivity contribution >= 4 is 0 Å². The number of aromatic nitrogens is 6. The standard InChI is InChI=1S/C14H17N7/c1-20-10-9-16-13(20)7-8-15-11-14-17-18-19-21(14)12-5-3-2-4-6-12/h2-6,9-10,15H,7-8,11H2,1H3. The highest BCUT2D eigenvalue weighted by molar-refractivity contribution is 5.30. The second-order valence-electron chi connectivity index (χ2n) is 4.72. The van der Waals surface area contributed by atoms with Crippen molar-refractivity contribution in [3.63, 3.8) is 0 Å². The molecule has 2 aromatic heterocycles. The highest BCUT2D eigenvalue weighted by Gasteiger charge is 2.07. The Bertz CT molecular complexity index is 686. The van der Waals surface area contributed by atoms with Gasteiger partial charge < -0.3 is 9.88 Å². The number of benzene rings is 1. The summed E-state index contributed by atoms with van der Waals surface area (Å²) in [6.07, 6.45) is 4.63. The zero-order valence-electron chi connectivity index (χ0n) is 11.8. The number of tetrazole rings is 1. The van der Waals surface area contributed by atoms with Crippen LogP contribution in [0.3, 0.4) is 0 Å². The summed E-state index contributed by atoms with van der Waals surface area (Å²) in [5.74, 6) is 1.85. The van der Waals surface area contributed by atoms with Crippen LogP contribution in [0.5, 0.6) is 0 Å². The second-order valence-corrected chi connectivity index (χ2v) is 4.72. The molecular weight excluding hydrogens is 266 g/mol. The van der Waals surface area contributed by atoms with Crippen molar-refractivity contribution in [1.29, 1.82) is 0 Å². The molecule has 0 aliphatic carbocycles. The Labute approximate surface area is 122 Å². The van der Waals surface area contributed by atoms with E-state index in [2.05, 4.69) is 25.8 Å². The maximum absolute atomic E-state index is 4.29. The third-order valence-electron chi connectivity index (χ3n) is 3.26. The van der Waals surface area contributed by atoms with Crippen LogP contribution in [0.2, 0.25) is 0 Å². The van der Waals surface area contributed by atoms with Crippen LogP contribution in [0.25, 0.3) is 5.69 Å². The lowest BCUT2D eigenvalue weighted by molar-refractivity contribution is 0.622. The van der Waals surface area contributed by atoms with E-state index in [1.54, 1.807) is 4.68 Å². The van der Waals surface area contributed by atoms with Gasteiger partial charge in [-0.2, -0.15) is 4.68 Å². The van der Waals surface area contributed by atoms with Gasteiger partial charge >= 0.3 is 0 Å². The molecule has 0 unspecified atom stereocenters. The third-order valence-corrected chi connectivity index (χ3v) is 3.26. The number of rotatable bonds is 6. The van der Waals surface area contributed by atoms with Gasteiger partial charge in [0.05, 0.1) is 12.2 Å². The van der Waals surface area contributed by atoms with Crippen LogP contribution in [0.15, 0.2) is 42.7 Å². The molecule has 2 heterocycles. The molecule has 7 nitrogen and oxygen atoms in total. The minimum absolute atomic E-state index is 0.617. The third kappa shape index (κ3) is 3.14. The van der Waals surface area contributed by atoms with E-state index in [0.29, 0.717) is 6.54 Å². The number of nitrogens with one attached hydrogen (secondary N) is 1. The van der Waals surface area contributed by atoms with Gasteiger partial charge in [0.15, 0.2) is 5.82 Å². The Hall–Kier alpha value is -2.54. The first-order valence-electron chi connectivity index (χ1n) is 6.84. The van der Waals surface area contributed by atoms with Gasteiger partial charge in [-0.25, -0.2) is 4.98 Å². The lowest BCUT2D eigenvalue weighted by atomic mass is 10.3. The van der Waals surface area contributed by atoms with Crippen LogP contribution in [0.4, 0.5) is 0 Å². The van der Waals surface area contributed by atoms with E-state index in [0.717, 1.165) is 30.3 Å². The monoisotopic (exact) mass is 283 g/mol. The Morgan fingerprint density at radius 3 is 2.76 bits per heavy atom. The molecule has 0 spiro atoms. The van der Waals surface area contributed by atoms with Crippen LogP contribution < -0.4 is 5.32 Å². The van der Waals surface area contributed by atoms with Crippen LogP contribution in [0.1, 0.15) is 11.6 Å². The topological polar surface area (TPSA) is 73.5 Å². The summed E-state index contributed by atoms with van der Waals surface area (Å²) >= 11 is 0. The molecule has 0 atom stereocenters. The minimum Gasteiger partial charge on any atom is -0.338 e. The summed E-state index contributed by atoms with van der Waals surface area (Å²) in [5.41, 5.74) is 0.961. The van der Waals surface area contributed by atoms with Crippen LogP contribution in [0, 0.1) is 0 Å². The normalized spacial score (nSPS) is 10.9. The average molecular weight is 283 g/mol. The summed E-state index contributed by atoms with van der Waals surface area (Å²) in [6.45, 7) is 1.44. The van der Waals surface area contributed by atoms with E-state index in [9.17, 15) is 0 Å².